The second-order valence-corrected chi connectivity index (χ2v) is 4.75. The first-order chi connectivity index (χ1) is 9.06. The van der Waals surface area contributed by atoms with Crippen LogP contribution in [0.1, 0.15) is 28.9 Å². The number of halogens is 1. The predicted molar refractivity (Wildman–Crippen MR) is 63.1 cm³/mol. The molecule has 0 bridgehead atoms. The summed E-state index contributed by atoms with van der Waals surface area (Å²) in [4.78, 5) is 44.2. The Hall–Kier alpha value is -2.02. The van der Waals surface area contributed by atoms with Crippen LogP contribution in [-0.4, -0.2) is 38.6 Å². The van der Waals surface area contributed by atoms with Gasteiger partial charge in [-0.25, -0.2) is 9.97 Å². The van der Waals surface area contributed by atoms with Crippen molar-refractivity contribution in [3.63, 3.8) is 0 Å². The number of imide groups is 1. The fourth-order valence-corrected chi connectivity index (χ4v) is 2.44. The van der Waals surface area contributed by atoms with Crippen molar-refractivity contribution < 1.29 is 14.4 Å². The average molecular weight is 281 g/mol. The Labute approximate surface area is 113 Å². The van der Waals surface area contributed by atoms with Crippen molar-refractivity contribution in [3.8, 4) is 0 Å². The molecule has 3 amide bonds. The van der Waals surface area contributed by atoms with Gasteiger partial charge in [0.2, 0.25) is 17.1 Å². The van der Waals surface area contributed by atoms with Crippen LogP contribution in [0.4, 0.5) is 0 Å². The highest BCUT2D eigenvalue weighted by molar-refractivity contribution is 6.28. The van der Waals surface area contributed by atoms with Gasteiger partial charge in [0, 0.05) is 18.2 Å². The van der Waals surface area contributed by atoms with Crippen molar-refractivity contribution in [2.24, 2.45) is 0 Å². The van der Waals surface area contributed by atoms with E-state index < -0.39 is 11.9 Å². The molecule has 1 N–H and O–H groups in total. The lowest BCUT2D eigenvalue weighted by Gasteiger charge is -2.29. The highest BCUT2D eigenvalue weighted by Gasteiger charge is 2.40. The molecule has 1 fully saturated rings. The number of piperidine rings is 1. The molecule has 0 aromatic carbocycles. The molecule has 1 unspecified atom stereocenters. The van der Waals surface area contributed by atoms with E-state index in [2.05, 4.69) is 15.3 Å². The van der Waals surface area contributed by atoms with E-state index in [9.17, 15) is 14.4 Å². The summed E-state index contributed by atoms with van der Waals surface area (Å²) < 4.78 is 0. The van der Waals surface area contributed by atoms with Crippen LogP contribution < -0.4 is 5.32 Å². The van der Waals surface area contributed by atoms with E-state index in [1.165, 1.54) is 11.1 Å². The number of nitrogens with zero attached hydrogens (tertiary/aromatic N) is 3. The molecule has 7 nitrogen and oxygen atoms in total. The van der Waals surface area contributed by atoms with Gasteiger partial charge in [-0.05, 0) is 18.0 Å². The molecular formula is C11H9ClN4O3. The summed E-state index contributed by atoms with van der Waals surface area (Å²) in [6.07, 6.45) is 2.03. The zero-order chi connectivity index (χ0) is 13.6. The van der Waals surface area contributed by atoms with E-state index in [-0.39, 0.29) is 35.8 Å². The van der Waals surface area contributed by atoms with Crippen molar-refractivity contribution in [2.75, 3.05) is 0 Å². The normalized spacial score (nSPS) is 22.5. The standard InChI is InChI=1S/C11H9ClN4O3/c12-11-13-3-5-4-16(10(19)8(5)15-11)6-1-2-7(17)14-9(6)18/h3,6H,1-2,4H2,(H,14,17,18). The second-order valence-electron chi connectivity index (χ2n) is 4.41. The Morgan fingerprint density at radius 3 is 2.89 bits per heavy atom. The first-order valence-electron chi connectivity index (χ1n) is 5.72. The van der Waals surface area contributed by atoms with Gasteiger partial charge in [0.1, 0.15) is 11.7 Å². The Morgan fingerprint density at radius 2 is 2.16 bits per heavy atom. The number of amides is 3. The third-order valence-corrected chi connectivity index (χ3v) is 3.41. The van der Waals surface area contributed by atoms with Crippen LogP contribution in [0.25, 0.3) is 0 Å². The number of carbonyl (C=O) groups is 3. The second kappa shape index (κ2) is 4.27. The third kappa shape index (κ3) is 1.95. The van der Waals surface area contributed by atoms with Gasteiger partial charge >= 0.3 is 0 Å². The third-order valence-electron chi connectivity index (χ3n) is 3.23. The monoisotopic (exact) mass is 280 g/mol. The fraction of sp³-hybridized carbons (Fsp3) is 0.364. The summed E-state index contributed by atoms with van der Waals surface area (Å²) in [6, 6.07) is -0.641. The van der Waals surface area contributed by atoms with Gasteiger partial charge in [-0.15, -0.1) is 0 Å². The van der Waals surface area contributed by atoms with Gasteiger partial charge in [0.05, 0.1) is 6.54 Å². The molecule has 1 saturated heterocycles. The molecule has 98 valence electrons. The molecule has 0 saturated carbocycles. The molecule has 0 radical (unpaired) electrons. The highest BCUT2D eigenvalue weighted by atomic mass is 35.5. The lowest BCUT2D eigenvalue weighted by atomic mass is 10.0. The zero-order valence-corrected chi connectivity index (χ0v) is 10.5. The Morgan fingerprint density at radius 1 is 1.37 bits per heavy atom. The van der Waals surface area contributed by atoms with E-state index in [1.54, 1.807) is 0 Å². The topological polar surface area (TPSA) is 92.3 Å². The zero-order valence-electron chi connectivity index (χ0n) is 9.72. The van der Waals surface area contributed by atoms with Crippen LogP contribution in [0.5, 0.6) is 0 Å². The van der Waals surface area contributed by atoms with Crippen molar-refractivity contribution in [3.05, 3.63) is 22.7 Å². The predicted octanol–water partition coefficient (Wildman–Crippen LogP) is -0.109. The van der Waals surface area contributed by atoms with E-state index in [1.807, 2.05) is 0 Å². The minimum atomic E-state index is -0.641. The minimum Gasteiger partial charge on any atom is -0.321 e. The fourth-order valence-electron chi connectivity index (χ4n) is 2.31. The van der Waals surface area contributed by atoms with Crippen LogP contribution >= 0.6 is 11.6 Å². The SMILES string of the molecule is O=C1CCC(N2Cc3cnc(Cl)nc3C2=O)C(=O)N1. The summed E-state index contributed by atoms with van der Waals surface area (Å²) in [5, 5.41) is 2.23. The largest absolute Gasteiger partial charge is 0.321 e. The number of carbonyl (C=O) groups excluding carboxylic acids is 3. The Balaban J connectivity index is 1.88. The van der Waals surface area contributed by atoms with Crippen LogP contribution in [-0.2, 0) is 16.1 Å². The number of fused-ring (bicyclic) bond motifs is 1. The lowest BCUT2D eigenvalue weighted by molar-refractivity contribution is -0.136. The molecule has 0 aliphatic carbocycles. The summed E-state index contributed by atoms with van der Waals surface area (Å²) in [5.74, 6) is -1.11. The molecule has 0 spiro atoms. The summed E-state index contributed by atoms with van der Waals surface area (Å²) in [6.45, 7) is 0.262. The summed E-state index contributed by atoms with van der Waals surface area (Å²) in [5.41, 5.74) is 0.865. The highest BCUT2D eigenvalue weighted by Crippen LogP contribution is 2.26. The molecule has 2 aliphatic rings. The van der Waals surface area contributed by atoms with Crippen molar-refractivity contribution in [1.82, 2.24) is 20.2 Å². The van der Waals surface area contributed by atoms with Gasteiger partial charge in [-0.3, -0.25) is 19.7 Å². The quantitative estimate of drug-likeness (QED) is 0.572. The molecule has 3 heterocycles. The van der Waals surface area contributed by atoms with Gasteiger partial charge < -0.3 is 4.90 Å². The number of hydrogen-bond donors (Lipinski definition) is 1. The van der Waals surface area contributed by atoms with Crippen LogP contribution in [0.3, 0.4) is 0 Å². The van der Waals surface area contributed by atoms with Gasteiger partial charge in [0.15, 0.2) is 0 Å². The smallest absolute Gasteiger partial charge is 0.273 e. The maximum absolute atomic E-state index is 12.2. The molecule has 2 aliphatic heterocycles. The maximum atomic E-state index is 12.2. The molecule has 1 aromatic heterocycles. The van der Waals surface area contributed by atoms with E-state index >= 15 is 0 Å². The van der Waals surface area contributed by atoms with Crippen LogP contribution in [0, 0.1) is 0 Å². The van der Waals surface area contributed by atoms with Crippen molar-refractivity contribution >= 4 is 29.3 Å². The number of aromatic nitrogens is 2. The lowest BCUT2D eigenvalue weighted by Crippen LogP contribution is -2.52. The number of hydrogen-bond acceptors (Lipinski definition) is 5. The number of nitrogens with one attached hydrogen (secondary N) is 1. The minimum absolute atomic E-state index is 0.00257. The van der Waals surface area contributed by atoms with Gasteiger partial charge in [-0.2, -0.15) is 0 Å². The molecule has 19 heavy (non-hydrogen) atoms. The van der Waals surface area contributed by atoms with Crippen molar-refractivity contribution in [2.45, 2.75) is 25.4 Å². The average Bonchev–Trinajstić information content (AvgIpc) is 2.67. The Kier molecular flexibility index (Phi) is 2.70. The van der Waals surface area contributed by atoms with Crippen LogP contribution in [0.2, 0.25) is 5.28 Å². The van der Waals surface area contributed by atoms with E-state index in [4.69, 9.17) is 11.6 Å². The summed E-state index contributed by atoms with van der Waals surface area (Å²) in [7, 11) is 0. The van der Waals surface area contributed by atoms with E-state index in [0.717, 1.165) is 0 Å². The first kappa shape index (κ1) is 12.0. The summed E-state index contributed by atoms with van der Waals surface area (Å²) >= 11 is 5.65. The molecule has 1 aromatic rings. The molecule has 8 heteroatoms. The van der Waals surface area contributed by atoms with Gasteiger partial charge in [0.25, 0.3) is 5.91 Å². The molecular weight excluding hydrogens is 272 g/mol. The molecule has 3 rings (SSSR count). The Bertz CT molecular complexity index is 604. The van der Waals surface area contributed by atoms with Crippen LogP contribution in [0.15, 0.2) is 6.20 Å². The van der Waals surface area contributed by atoms with Crippen molar-refractivity contribution in [1.29, 1.82) is 0 Å². The van der Waals surface area contributed by atoms with Gasteiger partial charge in [-0.1, -0.05) is 0 Å². The van der Waals surface area contributed by atoms with E-state index in [0.29, 0.717) is 12.0 Å². The maximum Gasteiger partial charge on any atom is 0.273 e. The first-order valence-corrected chi connectivity index (χ1v) is 6.10. The number of rotatable bonds is 1. The molecule has 1 atom stereocenters.